The Morgan fingerprint density at radius 1 is 1.11 bits per heavy atom. The Bertz CT molecular complexity index is 460. The van der Waals surface area contributed by atoms with Crippen LogP contribution in [0.25, 0.3) is 0 Å². The van der Waals surface area contributed by atoms with Gasteiger partial charge in [-0.05, 0) is 6.07 Å². The zero-order valence-electron chi connectivity index (χ0n) is 8.80. The minimum Gasteiger partial charge on any atom is -0.454 e. The molecule has 1 atom stereocenters. The van der Waals surface area contributed by atoms with E-state index < -0.39 is 23.7 Å². The second kappa shape index (κ2) is 3.98. The van der Waals surface area contributed by atoms with Gasteiger partial charge < -0.3 is 15.2 Å². The fraction of sp³-hybridized carbons (Fsp3) is 0.400. The van der Waals surface area contributed by atoms with Gasteiger partial charge in [0, 0.05) is 5.56 Å². The Morgan fingerprint density at radius 3 is 2.39 bits per heavy atom. The van der Waals surface area contributed by atoms with Crippen LogP contribution in [0.2, 0.25) is 0 Å². The number of benzene rings is 1. The molecule has 1 aliphatic rings. The quantitative estimate of drug-likeness (QED) is 0.839. The van der Waals surface area contributed by atoms with Crippen molar-refractivity contribution < 1.29 is 31.4 Å². The van der Waals surface area contributed by atoms with Crippen LogP contribution in [0.1, 0.15) is 11.6 Å². The predicted octanol–water partition coefficient (Wildman–Crippen LogP) is 2.61. The molecule has 18 heavy (non-hydrogen) atoms. The number of hydrogen-bond acceptors (Lipinski definition) is 3. The van der Waals surface area contributed by atoms with Crippen molar-refractivity contribution in [1.82, 2.24) is 0 Å². The van der Waals surface area contributed by atoms with Crippen LogP contribution in [0, 0.1) is 0 Å². The van der Waals surface area contributed by atoms with Crippen molar-refractivity contribution in [3.05, 3.63) is 23.8 Å². The van der Waals surface area contributed by atoms with E-state index in [0.717, 1.165) is 6.07 Å². The molecule has 1 aromatic carbocycles. The molecule has 0 fully saturated rings. The van der Waals surface area contributed by atoms with Crippen molar-refractivity contribution in [2.24, 2.45) is 5.73 Å². The number of rotatable bonds is 2. The van der Waals surface area contributed by atoms with E-state index >= 15 is 0 Å². The van der Waals surface area contributed by atoms with Gasteiger partial charge in [0.1, 0.15) is 6.04 Å². The average molecular weight is 269 g/mol. The molecule has 0 aromatic heterocycles. The fourth-order valence-electron chi connectivity index (χ4n) is 1.57. The van der Waals surface area contributed by atoms with Gasteiger partial charge in [-0.3, -0.25) is 0 Å². The van der Waals surface area contributed by atoms with E-state index in [1.807, 2.05) is 0 Å². The minimum absolute atomic E-state index is 0.0981. The molecule has 0 amide bonds. The average Bonchev–Trinajstić information content (AvgIpc) is 2.73. The molecule has 2 rings (SSSR count). The van der Waals surface area contributed by atoms with E-state index in [9.17, 15) is 22.0 Å². The molecule has 2 N–H and O–H groups in total. The van der Waals surface area contributed by atoms with Gasteiger partial charge in [0.15, 0.2) is 11.5 Å². The van der Waals surface area contributed by atoms with Gasteiger partial charge in [-0.15, -0.1) is 0 Å². The second-order valence-electron chi connectivity index (χ2n) is 3.68. The monoisotopic (exact) mass is 269 g/mol. The molecule has 0 saturated carbocycles. The third kappa shape index (κ3) is 1.86. The maximum atomic E-state index is 13.1. The van der Waals surface area contributed by atoms with E-state index in [1.165, 1.54) is 12.1 Å². The Kier molecular flexibility index (Phi) is 2.84. The minimum atomic E-state index is -5.73. The number of nitrogens with two attached hydrogens (primary N) is 1. The van der Waals surface area contributed by atoms with Crippen molar-refractivity contribution in [3.8, 4) is 11.5 Å². The first kappa shape index (κ1) is 12.9. The fourth-order valence-corrected chi connectivity index (χ4v) is 1.57. The smallest absolute Gasteiger partial charge is 0.454 e. The Balaban J connectivity index is 2.41. The lowest BCUT2D eigenvalue weighted by Crippen LogP contribution is -2.45. The molecule has 3 nitrogen and oxygen atoms in total. The molecule has 1 aromatic rings. The summed E-state index contributed by atoms with van der Waals surface area (Å²) in [5.41, 5.74) is 4.59. The van der Waals surface area contributed by atoms with Gasteiger partial charge in [-0.2, -0.15) is 22.0 Å². The maximum absolute atomic E-state index is 13.1. The highest BCUT2D eigenvalue weighted by atomic mass is 19.4. The van der Waals surface area contributed by atoms with Crippen molar-refractivity contribution in [1.29, 1.82) is 0 Å². The van der Waals surface area contributed by atoms with Crippen LogP contribution in [-0.4, -0.2) is 18.9 Å². The first-order chi connectivity index (χ1) is 8.25. The summed E-state index contributed by atoms with van der Waals surface area (Å²) < 4.78 is 72.7. The highest BCUT2D eigenvalue weighted by Gasteiger charge is 2.62. The molecule has 0 unspecified atom stereocenters. The Morgan fingerprint density at radius 2 is 1.78 bits per heavy atom. The largest absolute Gasteiger partial charge is 0.455 e. The third-order valence-electron chi connectivity index (χ3n) is 2.53. The summed E-state index contributed by atoms with van der Waals surface area (Å²) in [4.78, 5) is 0. The molecule has 0 bridgehead atoms. The summed E-state index contributed by atoms with van der Waals surface area (Å²) in [7, 11) is 0. The lowest BCUT2D eigenvalue weighted by Gasteiger charge is -2.26. The van der Waals surface area contributed by atoms with Gasteiger partial charge in [0.05, 0.1) is 0 Å². The maximum Gasteiger partial charge on any atom is 0.455 e. The standard InChI is InChI=1S/C10H8F5NO2/c11-9(12,10(13,14)15)8(16)5-2-1-3-6-7(5)18-4-17-6/h1-3,8H,4,16H2/t8-/m0/s1. The van der Waals surface area contributed by atoms with E-state index in [2.05, 4.69) is 0 Å². The van der Waals surface area contributed by atoms with E-state index in [1.54, 1.807) is 0 Å². The van der Waals surface area contributed by atoms with Crippen molar-refractivity contribution in [3.63, 3.8) is 0 Å². The van der Waals surface area contributed by atoms with Gasteiger partial charge in [-0.25, -0.2) is 0 Å². The van der Waals surface area contributed by atoms with Crippen LogP contribution < -0.4 is 15.2 Å². The molecule has 100 valence electrons. The lowest BCUT2D eigenvalue weighted by molar-refractivity contribution is -0.291. The SMILES string of the molecule is N[C@@H](c1cccc2c1OCO2)C(F)(F)C(F)(F)F. The summed E-state index contributed by atoms with van der Waals surface area (Å²) in [6.45, 7) is -0.239. The zero-order chi connectivity index (χ0) is 13.6. The summed E-state index contributed by atoms with van der Waals surface area (Å²) >= 11 is 0. The normalized spacial score (nSPS) is 16.8. The molecule has 0 saturated heterocycles. The van der Waals surface area contributed by atoms with Crippen molar-refractivity contribution in [2.45, 2.75) is 18.1 Å². The number of para-hydroxylation sites is 1. The third-order valence-corrected chi connectivity index (χ3v) is 2.53. The molecule has 0 radical (unpaired) electrons. The van der Waals surface area contributed by atoms with Crippen molar-refractivity contribution >= 4 is 0 Å². The second-order valence-corrected chi connectivity index (χ2v) is 3.68. The molecular formula is C10H8F5NO2. The molecule has 1 aliphatic heterocycles. The van der Waals surface area contributed by atoms with E-state index in [-0.39, 0.29) is 18.3 Å². The van der Waals surface area contributed by atoms with Crippen LogP contribution >= 0.6 is 0 Å². The summed E-state index contributed by atoms with van der Waals surface area (Å²) in [6, 6.07) is 1.17. The van der Waals surface area contributed by atoms with Gasteiger partial charge in [-0.1, -0.05) is 12.1 Å². The summed E-state index contributed by atoms with van der Waals surface area (Å²) in [6.07, 6.45) is -5.73. The van der Waals surface area contributed by atoms with E-state index in [0.29, 0.717) is 0 Å². The predicted molar refractivity (Wildman–Crippen MR) is 50.5 cm³/mol. The highest BCUT2D eigenvalue weighted by Crippen LogP contribution is 2.47. The summed E-state index contributed by atoms with van der Waals surface area (Å²) in [5.74, 6) is -5.12. The molecule has 0 aliphatic carbocycles. The van der Waals surface area contributed by atoms with Gasteiger partial charge in [0.25, 0.3) is 0 Å². The number of hydrogen-bond donors (Lipinski definition) is 1. The molecule has 8 heteroatoms. The first-order valence-electron chi connectivity index (χ1n) is 4.84. The van der Waals surface area contributed by atoms with Gasteiger partial charge in [0.2, 0.25) is 6.79 Å². The first-order valence-corrected chi connectivity index (χ1v) is 4.84. The number of alkyl halides is 5. The Hall–Kier alpha value is -1.57. The van der Waals surface area contributed by atoms with Crippen molar-refractivity contribution in [2.75, 3.05) is 6.79 Å². The molecular weight excluding hydrogens is 261 g/mol. The zero-order valence-corrected chi connectivity index (χ0v) is 8.80. The Labute approximate surface area is 98.3 Å². The van der Waals surface area contributed by atoms with Crippen LogP contribution in [0.15, 0.2) is 18.2 Å². The number of halogens is 5. The van der Waals surface area contributed by atoms with Crippen LogP contribution in [0.4, 0.5) is 22.0 Å². The topological polar surface area (TPSA) is 44.5 Å². The van der Waals surface area contributed by atoms with Gasteiger partial charge >= 0.3 is 12.1 Å². The van der Waals surface area contributed by atoms with Crippen LogP contribution in [0.5, 0.6) is 11.5 Å². The number of fused-ring (bicyclic) bond motifs is 1. The summed E-state index contributed by atoms with van der Waals surface area (Å²) in [5, 5.41) is 0. The van der Waals surface area contributed by atoms with E-state index in [4.69, 9.17) is 15.2 Å². The van der Waals surface area contributed by atoms with Crippen LogP contribution in [-0.2, 0) is 0 Å². The highest BCUT2D eigenvalue weighted by molar-refractivity contribution is 5.50. The molecule has 0 spiro atoms. The lowest BCUT2D eigenvalue weighted by atomic mass is 9.99. The van der Waals surface area contributed by atoms with Crippen LogP contribution in [0.3, 0.4) is 0 Å². The molecule has 1 heterocycles. The number of ether oxygens (including phenoxy) is 2.